The number of nitrogens with two attached hydrogens (primary N) is 1. The number of sulfonamides is 1. The van der Waals surface area contributed by atoms with Gasteiger partial charge in [-0.2, -0.15) is 0 Å². The van der Waals surface area contributed by atoms with Crippen LogP contribution in [0.1, 0.15) is 31.1 Å². The Bertz CT molecular complexity index is 381. The maximum atomic E-state index is 11.1. The maximum Gasteiger partial charge on any atom is 0.239 e. The first-order valence-electron chi connectivity index (χ1n) is 4.65. The summed E-state index contributed by atoms with van der Waals surface area (Å²) in [7, 11) is -3.52. The van der Waals surface area contributed by atoms with Crippen molar-refractivity contribution in [2.45, 2.75) is 37.5 Å². The molecule has 0 fully saturated rings. The van der Waals surface area contributed by atoms with Gasteiger partial charge < -0.3 is 0 Å². The van der Waals surface area contributed by atoms with Crippen molar-refractivity contribution in [3.8, 4) is 0 Å². The average Bonchev–Trinajstić information content (AvgIpc) is 2.52. The molecule has 0 amide bonds. The zero-order chi connectivity index (χ0) is 10.6. The molecule has 14 heavy (non-hydrogen) atoms. The number of primary sulfonamides is 1. The second-order valence-corrected chi connectivity index (χ2v) is 5.74. The van der Waals surface area contributed by atoms with Crippen LogP contribution in [0, 0.1) is 0 Å². The second-order valence-electron chi connectivity index (χ2n) is 3.21. The Morgan fingerprint density at radius 2 is 2.14 bits per heavy atom. The molecule has 0 aliphatic heterocycles. The molecule has 0 atom stereocenters. The first-order chi connectivity index (χ1) is 6.55. The van der Waals surface area contributed by atoms with Gasteiger partial charge in [0.1, 0.15) is 0 Å². The third kappa shape index (κ3) is 3.08. The minimum Gasteiger partial charge on any atom is -0.225 e. The molecule has 1 rings (SSSR count). The molecule has 3 nitrogen and oxygen atoms in total. The van der Waals surface area contributed by atoms with E-state index in [4.69, 9.17) is 5.14 Å². The Balaban J connectivity index is 2.74. The molecular formula is C9H15NO2S2. The minimum atomic E-state index is -3.52. The van der Waals surface area contributed by atoms with Gasteiger partial charge >= 0.3 is 0 Å². The molecule has 0 aliphatic rings. The molecule has 0 radical (unpaired) electrons. The molecule has 2 N–H and O–H groups in total. The number of hydrogen-bond acceptors (Lipinski definition) is 3. The highest BCUT2D eigenvalue weighted by atomic mass is 32.2. The zero-order valence-corrected chi connectivity index (χ0v) is 9.83. The molecule has 0 aliphatic carbocycles. The first-order valence-corrected chi connectivity index (χ1v) is 7.07. The Morgan fingerprint density at radius 3 is 2.71 bits per heavy atom. The summed E-state index contributed by atoms with van der Waals surface area (Å²) in [6.07, 6.45) is 4.11. The molecule has 0 saturated carbocycles. The van der Waals surface area contributed by atoms with E-state index in [1.807, 2.05) is 0 Å². The maximum absolute atomic E-state index is 11.1. The fraction of sp³-hybridized carbons (Fsp3) is 0.556. The van der Waals surface area contributed by atoms with Gasteiger partial charge in [-0.15, -0.1) is 11.3 Å². The smallest absolute Gasteiger partial charge is 0.225 e. The van der Waals surface area contributed by atoms with Crippen molar-refractivity contribution in [3.63, 3.8) is 0 Å². The Hall–Kier alpha value is -0.390. The highest BCUT2D eigenvalue weighted by Crippen LogP contribution is 2.22. The van der Waals surface area contributed by atoms with Crippen LogP contribution < -0.4 is 5.14 Å². The summed E-state index contributed by atoms with van der Waals surface area (Å²) in [5.41, 5.74) is 0. The van der Waals surface area contributed by atoms with Crippen molar-refractivity contribution in [1.82, 2.24) is 0 Å². The van der Waals surface area contributed by atoms with Gasteiger partial charge in [0.05, 0.1) is 4.90 Å². The topological polar surface area (TPSA) is 60.2 Å². The molecule has 1 heterocycles. The molecule has 0 aromatic carbocycles. The molecule has 1 aromatic rings. The first kappa shape index (κ1) is 11.7. The van der Waals surface area contributed by atoms with E-state index in [9.17, 15) is 8.42 Å². The lowest BCUT2D eigenvalue weighted by Gasteiger charge is -2.00. The van der Waals surface area contributed by atoms with Crippen LogP contribution >= 0.6 is 11.3 Å². The van der Waals surface area contributed by atoms with Crippen molar-refractivity contribution in [3.05, 3.63) is 16.3 Å². The van der Waals surface area contributed by atoms with Crippen LogP contribution in [0.3, 0.4) is 0 Å². The van der Waals surface area contributed by atoms with Crippen LogP contribution in [0.5, 0.6) is 0 Å². The van der Waals surface area contributed by atoms with E-state index in [0.717, 1.165) is 30.6 Å². The predicted octanol–water partition coefficient (Wildman–Crippen LogP) is 2.13. The van der Waals surface area contributed by atoms with Gasteiger partial charge in [-0.25, -0.2) is 13.6 Å². The number of aryl methyl sites for hydroxylation is 1. The number of unbranched alkanes of at least 4 members (excludes halogenated alkanes) is 2. The largest absolute Gasteiger partial charge is 0.239 e. The van der Waals surface area contributed by atoms with Gasteiger partial charge in [-0.05, 0) is 24.3 Å². The van der Waals surface area contributed by atoms with Gasteiger partial charge in [-0.3, -0.25) is 0 Å². The van der Waals surface area contributed by atoms with E-state index in [-0.39, 0.29) is 0 Å². The van der Waals surface area contributed by atoms with E-state index in [1.54, 1.807) is 11.4 Å². The summed E-state index contributed by atoms with van der Waals surface area (Å²) in [5.74, 6) is 0. The molecular weight excluding hydrogens is 218 g/mol. The minimum absolute atomic E-state index is 0.304. The normalized spacial score (nSPS) is 11.9. The molecule has 0 bridgehead atoms. The fourth-order valence-electron chi connectivity index (χ4n) is 1.30. The molecule has 0 saturated heterocycles. The molecule has 5 heteroatoms. The van der Waals surface area contributed by atoms with Crippen LogP contribution in [-0.4, -0.2) is 8.42 Å². The third-order valence-corrected chi connectivity index (χ3v) is 4.12. The highest BCUT2D eigenvalue weighted by Gasteiger charge is 2.14. The zero-order valence-electron chi connectivity index (χ0n) is 8.19. The number of hydrogen-bond donors (Lipinski definition) is 1. The van der Waals surface area contributed by atoms with Crippen molar-refractivity contribution in [2.75, 3.05) is 0 Å². The highest BCUT2D eigenvalue weighted by molar-refractivity contribution is 7.89. The molecule has 1 aromatic heterocycles. The van der Waals surface area contributed by atoms with E-state index in [1.165, 1.54) is 11.3 Å². The monoisotopic (exact) mass is 233 g/mol. The quantitative estimate of drug-likeness (QED) is 0.792. The van der Waals surface area contributed by atoms with E-state index in [0.29, 0.717) is 4.90 Å². The SMILES string of the molecule is CCCCCc1sccc1S(N)(=O)=O. The van der Waals surface area contributed by atoms with Crippen molar-refractivity contribution in [2.24, 2.45) is 5.14 Å². The summed E-state index contributed by atoms with van der Waals surface area (Å²) in [5, 5.41) is 6.86. The third-order valence-electron chi connectivity index (χ3n) is 2.02. The van der Waals surface area contributed by atoms with Crippen molar-refractivity contribution >= 4 is 21.4 Å². The number of rotatable bonds is 5. The van der Waals surface area contributed by atoms with Crippen molar-refractivity contribution in [1.29, 1.82) is 0 Å². The lowest BCUT2D eigenvalue weighted by atomic mass is 10.2. The lowest BCUT2D eigenvalue weighted by Crippen LogP contribution is -2.12. The van der Waals surface area contributed by atoms with Gasteiger partial charge in [0, 0.05) is 4.88 Å². The summed E-state index contributed by atoms with van der Waals surface area (Å²) in [4.78, 5) is 1.19. The van der Waals surface area contributed by atoms with Crippen LogP contribution in [-0.2, 0) is 16.4 Å². The van der Waals surface area contributed by atoms with Crippen LogP contribution in [0.25, 0.3) is 0 Å². The van der Waals surface area contributed by atoms with Crippen LogP contribution in [0.4, 0.5) is 0 Å². The Morgan fingerprint density at radius 1 is 1.43 bits per heavy atom. The lowest BCUT2D eigenvalue weighted by molar-refractivity contribution is 0.596. The molecule has 0 unspecified atom stereocenters. The van der Waals surface area contributed by atoms with Gasteiger partial charge in [0.15, 0.2) is 0 Å². The fourth-order valence-corrected chi connectivity index (χ4v) is 3.37. The standard InChI is InChI=1S/C9H15NO2S2/c1-2-3-4-5-8-9(6-7-13-8)14(10,11)12/h6-7H,2-5H2,1H3,(H2,10,11,12). The number of thiophene rings is 1. The van der Waals surface area contributed by atoms with Crippen LogP contribution in [0.2, 0.25) is 0 Å². The van der Waals surface area contributed by atoms with Crippen molar-refractivity contribution < 1.29 is 8.42 Å². The molecule has 80 valence electrons. The molecule has 0 spiro atoms. The Labute approximate surface area is 89.0 Å². The second kappa shape index (κ2) is 4.91. The average molecular weight is 233 g/mol. The summed E-state index contributed by atoms with van der Waals surface area (Å²) in [6, 6.07) is 1.58. The van der Waals surface area contributed by atoms with E-state index < -0.39 is 10.0 Å². The summed E-state index contributed by atoms with van der Waals surface area (Å²) >= 11 is 1.47. The van der Waals surface area contributed by atoms with E-state index in [2.05, 4.69) is 6.92 Å². The van der Waals surface area contributed by atoms with E-state index >= 15 is 0 Å². The van der Waals surface area contributed by atoms with Crippen LogP contribution in [0.15, 0.2) is 16.3 Å². The Kier molecular flexibility index (Phi) is 4.10. The summed E-state index contributed by atoms with van der Waals surface area (Å²) < 4.78 is 22.3. The van der Waals surface area contributed by atoms with Gasteiger partial charge in [0.2, 0.25) is 10.0 Å². The van der Waals surface area contributed by atoms with Gasteiger partial charge in [-0.1, -0.05) is 19.8 Å². The van der Waals surface area contributed by atoms with Gasteiger partial charge in [0.25, 0.3) is 0 Å². The summed E-state index contributed by atoms with van der Waals surface area (Å²) in [6.45, 7) is 2.12. The predicted molar refractivity (Wildman–Crippen MR) is 58.9 cm³/mol.